The number of alkyl halides is 3. The minimum Gasteiger partial charge on any atom is -0.493 e. The van der Waals surface area contributed by atoms with Crippen molar-refractivity contribution in [2.24, 2.45) is 5.73 Å². The average Bonchev–Trinajstić information content (AvgIpc) is 2.23. The van der Waals surface area contributed by atoms with E-state index in [-0.39, 0.29) is 13.0 Å². The molecule has 0 spiro atoms. The second kappa shape index (κ2) is 5.91. The quantitative estimate of drug-likeness (QED) is 0.811. The van der Waals surface area contributed by atoms with E-state index in [1.165, 1.54) is 0 Å². The van der Waals surface area contributed by atoms with Gasteiger partial charge in [0.05, 0.1) is 6.61 Å². The molecule has 0 aliphatic rings. The van der Waals surface area contributed by atoms with E-state index in [4.69, 9.17) is 10.5 Å². The van der Waals surface area contributed by atoms with Crippen LogP contribution in [0.3, 0.4) is 0 Å². The second-order valence-electron chi connectivity index (χ2n) is 3.88. The van der Waals surface area contributed by atoms with Crippen molar-refractivity contribution in [3.8, 4) is 5.75 Å². The van der Waals surface area contributed by atoms with Gasteiger partial charge in [0.15, 0.2) is 0 Å². The van der Waals surface area contributed by atoms with Gasteiger partial charge in [-0.25, -0.2) is 0 Å². The molecule has 0 saturated carbocycles. The van der Waals surface area contributed by atoms with Gasteiger partial charge in [-0.1, -0.05) is 12.1 Å². The van der Waals surface area contributed by atoms with Crippen molar-refractivity contribution < 1.29 is 17.9 Å². The van der Waals surface area contributed by atoms with Gasteiger partial charge in [0, 0.05) is 18.5 Å². The highest BCUT2D eigenvalue weighted by atomic mass is 19.4. The molecule has 17 heavy (non-hydrogen) atoms. The van der Waals surface area contributed by atoms with E-state index in [1.807, 2.05) is 19.1 Å². The van der Waals surface area contributed by atoms with Crippen LogP contribution in [0.5, 0.6) is 5.75 Å². The highest BCUT2D eigenvalue weighted by Gasteiger charge is 2.26. The van der Waals surface area contributed by atoms with Crippen molar-refractivity contribution in [2.75, 3.05) is 6.61 Å². The molecule has 0 saturated heterocycles. The molecule has 0 heterocycles. The Bertz CT molecular complexity index is 363. The number of aryl methyl sites for hydroxylation is 1. The third-order valence-corrected chi connectivity index (χ3v) is 2.30. The van der Waals surface area contributed by atoms with E-state index in [9.17, 15) is 13.2 Å². The molecule has 1 aromatic rings. The number of nitrogens with two attached hydrogens (primary N) is 1. The minimum atomic E-state index is -4.12. The van der Waals surface area contributed by atoms with Gasteiger partial charge in [0.2, 0.25) is 0 Å². The molecule has 96 valence electrons. The Labute approximate surface area is 98.6 Å². The van der Waals surface area contributed by atoms with Crippen LogP contribution in [0, 0.1) is 6.92 Å². The van der Waals surface area contributed by atoms with Crippen LogP contribution in [-0.2, 0) is 6.54 Å². The predicted octanol–water partition coefficient (Wildman–Crippen LogP) is 3.18. The fourth-order valence-electron chi connectivity index (χ4n) is 1.42. The zero-order chi connectivity index (χ0) is 12.9. The van der Waals surface area contributed by atoms with Crippen LogP contribution in [0.2, 0.25) is 0 Å². The van der Waals surface area contributed by atoms with Crippen molar-refractivity contribution in [1.82, 2.24) is 0 Å². The summed E-state index contributed by atoms with van der Waals surface area (Å²) in [5.74, 6) is 0.578. The molecule has 0 unspecified atom stereocenters. The maximum atomic E-state index is 11.9. The predicted molar refractivity (Wildman–Crippen MR) is 59.9 cm³/mol. The van der Waals surface area contributed by atoms with E-state index in [0.29, 0.717) is 12.3 Å². The van der Waals surface area contributed by atoms with Crippen molar-refractivity contribution in [1.29, 1.82) is 0 Å². The summed E-state index contributed by atoms with van der Waals surface area (Å²) in [7, 11) is 0. The van der Waals surface area contributed by atoms with Crippen LogP contribution >= 0.6 is 0 Å². The number of ether oxygens (including phenoxy) is 1. The Morgan fingerprint density at radius 3 is 2.59 bits per heavy atom. The summed E-state index contributed by atoms with van der Waals surface area (Å²) in [6.45, 7) is 2.26. The fourth-order valence-corrected chi connectivity index (χ4v) is 1.42. The summed E-state index contributed by atoms with van der Waals surface area (Å²) in [6, 6.07) is 5.51. The average molecular weight is 247 g/mol. The lowest BCUT2D eigenvalue weighted by Crippen LogP contribution is -2.10. The first kappa shape index (κ1) is 13.8. The number of halogens is 3. The van der Waals surface area contributed by atoms with Crippen molar-refractivity contribution in [3.63, 3.8) is 0 Å². The highest BCUT2D eigenvalue weighted by Crippen LogP contribution is 2.23. The molecule has 2 nitrogen and oxygen atoms in total. The third kappa shape index (κ3) is 5.08. The highest BCUT2D eigenvalue weighted by molar-refractivity contribution is 5.36. The molecule has 1 rings (SSSR count). The zero-order valence-electron chi connectivity index (χ0n) is 9.68. The van der Waals surface area contributed by atoms with Crippen molar-refractivity contribution >= 4 is 0 Å². The maximum Gasteiger partial charge on any atom is 0.389 e. The monoisotopic (exact) mass is 247 g/mol. The molecule has 1 aromatic carbocycles. The van der Waals surface area contributed by atoms with E-state index in [1.54, 1.807) is 6.07 Å². The van der Waals surface area contributed by atoms with Crippen LogP contribution in [-0.4, -0.2) is 12.8 Å². The Morgan fingerprint density at radius 1 is 1.29 bits per heavy atom. The van der Waals surface area contributed by atoms with Crippen molar-refractivity contribution in [2.45, 2.75) is 32.5 Å². The van der Waals surface area contributed by atoms with Gasteiger partial charge in [-0.15, -0.1) is 0 Å². The van der Waals surface area contributed by atoms with Gasteiger partial charge >= 0.3 is 6.18 Å². The molecule has 0 bridgehead atoms. The molecule has 0 atom stereocenters. The standard InChI is InChI=1S/C12H16F3NO/c1-9-3-4-10(8-16)11(7-9)17-6-2-5-12(13,14)15/h3-4,7H,2,5-6,8,16H2,1H3. The number of hydrogen-bond donors (Lipinski definition) is 1. The molecule has 0 radical (unpaired) electrons. The third-order valence-electron chi connectivity index (χ3n) is 2.30. The lowest BCUT2D eigenvalue weighted by atomic mass is 10.1. The number of rotatable bonds is 5. The first-order chi connectivity index (χ1) is 7.92. The largest absolute Gasteiger partial charge is 0.493 e. The molecule has 0 aromatic heterocycles. The van der Waals surface area contributed by atoms with Crippen LogP contribution in [0.25, 0.3) is 0 Å². The summed E-state index contributed by atoms with van der Waals surface area (Å²) in [5, 5.41) is 0. The molecule has 0 aliphatic carbocycles. The lowest BCUT2D eigenvalue weighted by molar-refractivity contribution is -0.136. The van der Waals surface area contributed by atoms with Gasteiger partial charge in [-0.05, 0) is 25.0 Å². The van der Waals surface area contributed by atoms with E-state index >= 15 is 0 Å². The normalized spacial score (nSPS) is 11.6. The van der Waals surface area contributed by atoms with Crippen LogP contribution in [0.1, 0.15) is 24.0 Å². The Kier molecular flexibility index (Phi) is 4.81. The van der Waals surface area contributed by atoms with Gasteiger partial charge < -0.3 is 10.5 Å². The van der Waals surface area contributed by atoms with Gasteiger partial charge in [-0.3, -0.25) is 0 Å². The van der Waals surface area contributed by atoms with Gasteiger partial charge in [0.1, 0.15) is 5.75 Å². The first-order valence-corrected chi connectivity index (χ1v) is 5.41. The summed E-state index contributed by atoms with van der Waals surface area (Å²) >= 11 is 0. The Hall–Kier alpha value is -1.23. The van der Waals surface area contributed by atoms with E-state index in [0.717, 1.165) is 11.1 Å². The van der Waals surface area contributed by atoms with Gasteiger partial charge in [0.25, 0.3) is 0 Å². The molecular formula is C12H16F3NO. The Balaban J connectivity index is 2.48. The molecule has 5 heteroatoms. The van der Waals surface area contributed by atoms with Crippen LogP contribution in [0.15, 0.2) is 18.2 Å². The summed E-state index contributed by atoms with van der Waals surface area (Å²) in [4.78, 5) is 0. The van der Waals surface area contributed by atoms with Crippen LogP contribution in [0.4, 0.5) is 13.2 Å². The summed E-state index contributed by atoms with van der Waals surface area (Å²) in [6.07, 6.45) is -4.98. The van der Waals surface area contributed by atoms with E-state index in [2.05, 4.69) is 0 Å². The topological polar surface area (TPSA) is 35.2 Å². The molecule has 0 aliphatic heterocycles. The minimum absolute atomic E-state index is 0.0402. The lowest BCUT2D eigenvalue weighted by Gasteiger charge is -2.12. The van der Waals surface area contributed by atoms with Gasteiger partial charge in [-0.2, -0.15) is 13.2 Å². The molecule has 0 amide bonds. The second-order valence-corrected chi connectivity index (χ2v) is 3.88. The first-order valence-electron chi connectivity index (χ1n) is 5.41. The zero-order valence-corrected chi connectivity index (χ0v) is 9.68. The molecular weight excluding hydrogens is 231 g/mol. The summed E-state index contributed by atoms with van der Waals surface area (Å²) in [5.41, 5.74) is 7.32. The van der Waals surface area contributed by atoms with E-state index < -0.39 is 12.6 Å². The van der Waals surface area contributed by atoms with Crippen molar-refractivity contribution in [3.05, 3.63) is 29.3 Å². The molecule has 2 N–H and O–H groups in total. The fraction of sp³-hybridized carbons (Fsp3) is 0.500. The SMILES string of the molecule is Cc1ccc(CN)c(OCCCC(F)(F)F)c1. The Morgan fingerprint density at radius 2 is 2.00 bits per heavy atom. The number of hydrogen-bond acceptors (Lipinski definition) is 2. The van der Waals surface area contributed by atoms with Crippen LogP contribution < -0.4 is 10.5 Å². The number of benzene rings is 1. The maximum absolute atomic E-state index is 11.9. The summed E-state index contributed by atoms with van der Waals surface area (Å²) < 4.78 is 41.1. The molecule has 0 fully saturated rings. The smallest absolute Gasteiger partial charge is 0.389 e.